The predicted octanol–water partition coefficient (Wildman–Crippen LogP) is 8.17. The van der Waals surface area contributed by atoms with E-state index in [1.54, 1.807) is 16.7 Å². The van der Waals surface area contributed by atoms with E-state index in [-0.39, 0.29) is 0 Å². The molecule has 0 saturated carbocycles. The van der Waals surface area contributed by atoms with Crippen molar-refractivity contribution in [3.8, 4) is 0 Å². The first-order valence-electron chi connectivity index (χ1n) is 8.19. The smallest absolute Gasteiger partial charge is 0 e. The average molecular weight is 514 g/mol. The Morgan fingerprint density at radius 1 is 0.810 bits per heavy atom. The molecule has 1 rings (SSSR count). The maximum absolute atomic E-state index is 2.46. The Balaban J connectivity index is 0.00000191. The van der Waals surface area contributed by atoms with Crippen LogP contribution in [0.4, 0.5) is 0 Å². The normalized spacial score (nSPS) is 11.0. The van der Waals surface area contributed by atoms with Crippen LogP contribution >= 0.6 is 37.2 Å². The molecule has 1 aromatic carbocycles. The number of hydrogen-bond donors (Lipinski definition) is 0. The topological polar surface area (TPSA) is 0 Å². The maximum Gasteiger partial charge on any atom is 0 e. The zero-order valence-corrected chi connectivity index (χ0v) is 19.1. The quantitative estimate of drug-likeness (QED) is 0.336. The largest absolute Gasteiger partial charge is 0.0654 e. The highest BCUT2D eigenvalue weighted by molar-refractivity contribution is 15.0. The van der Waals surface area contributed by atoms with E-state index in [1.807, 2.05) is 0 Å². The molecule has 0 fully saturated rings. The van der Waals surface area contributed by atoms with Gasteiger partial charge in [0.05, 0.1) is 0 Å². The van der Waals surface area contributed by atoms with E-state index in [0.717, 1.165) is 0 Å². The molecular weight excluding hydrogens is 482 g/mol. The van der Waals surface area contributed by atoms with Crippen molar-refractivity contribution >= 4 is 37.2 Å². The van der Waals surface area contributed by atoms with Gasteiger partial charge in [-0.05, 0) is 52.8 Å². The van der Waals surface area contributed by atoms with Crippen LogP contribution in [0.5, 0.6) is 0 Å². The molecule has 0 atom stereocenters. The number of rotatable bonds is 6. The van der Waals surface area contributed by atoms with Gasteiger partial charge >= 0.3 is 0 Å². The molecule has 0 saturated heterocycles. The molecule has 0 aliphatic rings. The van der Waals surface area contributed by atoms with Crippen LogP contribution in [0, 0.1) is 0 Å². The minimum absolute atomic E-state index is 0.621. The average Bonchev–Trinajstić information content (AvgIpc) is 2.45. The summed E-state index contributed by atoms with van der Waals surface area (Å²) in [5, 5.41) is 0. The van der Waals surface area contributed by atoms with Gasteiger partial charge in [0.15, 0.2) is 0 Å². The molecule has 0 radical (unpaired) electrons. The first-order valence-corrected chi connectivity index (χ1v) is 14.5. The lowest BCUT2D eigenvalue weighted by atomic mass is 9.83. The highest BCUT2D eigenvalue weighted by Crippen LogP contribution is 2.33. The number of benzene rings is 1. The zero-order valence-electron chi connectivity index (χ0n) is 14.8. The third-order valence-corrected chi connectivity index (χ3v) is 4.03. The Bertz CT molecular complexity index is 377. The van der Waals surface area contributed by atoms with Crippen LogP contribution in [0.3, 0.4) is 0 Å². The van der Waals surface area contributed by atoms with Crippen LogP contribution in [0.25, 0.3) is 0 Å². The summed E-state index contributed by atoms with van der Waals surface area (Å²) in [6, 6.07) is 4.93. The van der Waals surface area contributed by atoms with Crippen molar-refractivity contribution in [3.63, 3.8) is 0 Å². The van der Waals surface area contributed by atoms with E-state index < -0.39 is 0 Å². The third-order valence-electron chi connectivity index (χ3n) is 4.03. The summed E-state index contributed by atoms with van der Waals surface area (Å²) in [4.78, 5) is 0. The summed E-state index contributed by atoms with van der Waals surface area (Å²) in [6.45, 7) is 16.2. The van der Waals surface area contributed by atoms with Crippen molar-refractivity contribution in [2.75, 3.05) is 0 Å². The first-order chi connectivity index (χ1) is 9.88. The summed E-state index contributed by atoms with van der Waals surface area (Å²) in [7, 11) is 0. The summed E-state index contributed by atoms with van der Waals surface area (Å²) in [5.41, 5.74) is 6.32. The minimum atomic E-state index is 0.621. The van der Waals surface area contributed by atoms with Crippen molar-refractivity contribution in [2.45, 2.75) is 85.5 Å². The molecule has 21 heavy (non-hydrogen) atoms. The van der Waals surface area contributed by atoms with E-state index >= 15 is 0 Å². The number of halogens is 2. The van der Waals surface area contributed by atoms with Gasteiger partial charge in [-0.2, -0.15) is 0 Å². The lowest BCUT2D eigenvalue weighted by Gasteiger charge is -2.23. The second-order valence-electron chi connectivity index (χ2n) is 6.75. The molecule has 0 aliphatic heterocycles. The molecule has 0 bridgehead atoms. The molecule has 0 spiro atoms. The Hall–Kier alpha value is 0.680. The van der Waals surface area contributed by atoms with E-state index in [4.69, 9.17) is 0 Å². The third kappa shape index (κ3) is 6.76. The molecule has 0 aromatic heterocycles. The van der Waals surface area contributed by atoms with Gasteiger partial charge in [-0.3, -0.25) is 0 Å². The molecule has 0 heterocycles. The van der Waals surface area contributed by atoms with E-state index in [2.05, 4.69) is 97.8 Å². The van der Waals surface area contributed by atoms with Crippen LogP contribution < -0.4 is 0 Å². The summed E-state index contributed by atoms with van der Waals surface area (Å²) in [5.74, 6) is 1.88. The molecule has 0 amide bonds. The van der Waals surface area contributed by atoms with Gasteiger partial charge < -0.3 is 0 Å². The van der Waals surface area contributed by atoms with Crippen molar-refractivity contribution in [3.05, 3.63) is 34.4 Å². The summed E-state index contributed by atoms with van der Waals surface area (Å²) in [6.07, 6.45) is 3.83. The SMILES string of the molecule is CCCCc1c(C(C)C)cc(C(C)C)cc1C(C)C.II. The maximum atomic E-state index is 2.46. The van der Waals surface area contributed by atoms with Crippen LogP contribution in [0.2, 0.25) is 0 Å². The van der Waals surface area contributed by atoms with Gasteiger partial charge in [0.1, 0.15) is 0 Å². The van der Waals surface area contributed by atoms with Crippen LogP contribution in [0.1, 0.15) is 101 Å². The summed E-state index contributed by atoms with van der Waals surface area (Å²) < 4.78 is 0. The molecule has 2 heteroatoms. The number of hydrogen-bond acceptors (Lipinski definition) is 0. The van der Waals surface area contributed by atoms with E-state index in [0.29, 0.717) is 17.8 Å². The molecule has 0 unspecified atom stereocenters. The van der Waals surface area contributed by atoms with Gasteiger partial charge in [-0.25, -0.2) is 0 Å². The Morgan fingerprint density at radius 2 is 1.24 bits per heavy atom. The molecular formula is C19H32I2. The molecule has 122 valence electrons. The van der Waals surface area contributed by atoms with E-state index in [9.17, 15) is 0 Å². The van der Waals surface area contributed by atoms with Crippen molar-refractivity contribution in [2.24, 2.45) is 0 Å². The second-order valence-corrected chi connectivity index (χ2v) is 6.75. The van der Waals surface area contributed by atoms with E-state index in [1.165, 1.54) is 24.8 Å². The fourth-order valence-electron chi connectivity index (χ4n) is 2.75. The van der Waals surface area contributed by atoms with Crippen molar-refractivity contribution in [1.29, 1.82) is 0 Å². The molecule has 1 aromatic rings. The lowest BCUT2D eigenvalue weighted by molar-refractivity contribution is 0.732. The lowest BCUT2D eigenvalue weighted by Crippen LogP contribution is -2.06. The Morgan fingerprint density at radius 3 is 1.52 bits per heavy atom. The fourth-order valence-corrected chi connectivity index (χ4v) is 2.75. The van der Waals surface area contributed by atoms with Gasteiger partial charge in [-0.15, -0.1) is 0 Å². The predicted molar refractivity (Wildman–Crippen MR) is 115 cm³/mol. The second kappa shape index (κ2) is 11.3. The van der Waals surface area contributed by atoms with Gasteiger partial charge in [0, 0.05) is 37.2 Å². The molecule has 0 nitrogen and oxygen atoms in total. The van der Waals surface area contributed by atoms with Crippen molar-refractivity contribution < 1.29 is 0 Å². The van der Waals surface area contributed by atoms with Gasteiger partial charge in [0.25, 0.3) is 0 Å². The van der Waals surface area contributed by atoms with Crippen LogP contribution in [0.15, 0.2) is 12.1 Å². The molecule has 0 N–H and O–H groups in total. The first kappa shape index (κ1) is 21.7. The monoisotopic (exact) mass is 514 g/mol. The Kier molecular flexibility index (Phi) is 11.6. The summed E-state index contributed by atoms with van der Waals surface area (Å²) >= 11 is 4.24. The highest BCUT2D eigenvalue weighted by atomic mass is 128. The minimum Gasteiger partial charge on any atom is -0.0654 e. The highest BCUT2D eigenvalue weighted by Gasteiger charge is 2.16. The molecule has 0 aliphatic carbocycles. The zero-order chi connectivity index (χ0) is 16.6. The van der Waals surface area contributed by atoms with Gasteiger partial charge in [0.2, 0.25) is 0 Å². The fraction of sp³-hybridized carbons (Fsp3) is 0.684. The standard InChI is InChI=1S/C19H32.I2/c1-8-9-10-17-18(14(4)5)11-16(13(2)3)12-19(17)15(6)7;1-2/h11-15H,8-10H2,1-7H3;. The Labute approximate surface area is 156 Å². The van der Waals surface area contributed by atoms with Crippen molar-refractivity contribution in [1.82, 2.24) is 0 Å². The number of unbranched alkanes of at least 4 members (excludes halogenated alkanes) is 1. The van der Waals surface area contributed by atoms with Crippen LogP contribution in [-0.4, -0.2) is 0 Å². The van der Waals surface area contributed by atoms with Crippen LogP contribution in [-0.2, 0) is 6.42 Å². The van der Waals surface area contributed by atoms with Gasteiger partial charge in [-0.1, -0.05) is 67.0 Å².